The predicted molar refractivity (Wildman–Crippen MR) is 105 cm³/mol. The van der Waals surface area contributed by atoms with Crippen LogP contribution in [-0.4, -0.2) is 26.5 Å². The molecule has 0 aliphatic rings. The van der Waals surface area contributed by atoms with Gasteiger partial charge in [-0.15, -0.1) is 11.3 Å². The molecule has 0 saturated heterocycles. The summed E-state index contributed by atoms with van der Waals surface area (Å²) in [6.07, 6.45) is 0. The SMILES string of the molecule is Cc1nc2scc(C(=O)O)c2c(=O)n1C(C)C(=O)Nc1cc(Cl)cc(Cl)c1. The molecule has 2 heterocycles. The second kappa shape index (κ2) is 7.30. The number of benzene rings is 1. The van der Waals surface area contributed by atoms with Gasteiger partial charge in [0.15, 0.2) is 0 Å². The zero-order valence-corrected chi connectivity index (χ0v) is 16.4. The van der Waals surface area contributed by atoms with Crippen LogP contribution in [0.1, 0.15) is 29.1 Å². The van der Waals surface area contributed by atoms with E-state index in [-0.39, 0.29) is 10.9 Å². The van der Waals surface area contributed by atoms with E-state index in [4.69, 9.17) is 23.2 Å². The summed E-state index contributed by atoms with van der Waals surface area (Å²) in [6, 6.07) is 3.64. The van der Waals surface area contributed by atoms with Crippen molar-refractivity contribution in [3.05, 3.63) is 55.4 Å². The lowest BCUT2D eigenvalue weighted by Gasteiger charge is -2.17. The number of anilines is 1. The number of aromatic nitrogens is 2. The molecule has 0 radical (unpaired) electrons. The number of hydrogen-bond donors (Lipinski definition) is 2. The van der Waals surface area contributed by atoms with E-state index < -0.39 is 23.5 Å². The summed E-state index contributed by atoms with van der Waals surface area (Å²) in [7, 11) is 0. The molecular weight excluding hydrogens is 413 g/mol. The van der Waals surface area contributed by atoms with Gasteiger partial charge in [-0.2, -0.15) is 0 Å². The second-order valence-electron chi connectivity index (χ2n) is 5.79. The van der Waals surface area contributed by atoms with Crippen LogP contribution in [-0.2, 0) is 4.79 Å². The summed E-state index contributed by atoms with van der Waals surface area (Å²) in [5.41, 5.74) is -0.329. The third-order valence-corrected chi connectivity index (χ3v) is 5.25. The lowest BCUT2D eigenvalue weighted by molar-refractivity contribution is -0.118. The fourth-order valence-corrected chi connectivity index (χ4v) is 4.18. The van der Waals surface area contributed by atoms with E-state index in [2.05, 4.69) is 10.3 Å². The zero-order valence-electron chi connectivity index (χ0n) is 14.1. The molecule has 0 aliphatic heterocycles. The lowest BCUT2D eigenvalue weighted by Crippen LogP contribution is -2.34. The Morgan fingerprint density at radius 1 is 1.26 bits per heavy atom. The van der Waals surface area contributed by atoms with Crippen molar-refractivity contribution < 1.29 is 14.7 Å². The molecule has 0 spiro atoms. The number of nitrogens with one attached hydrogen (secondary N) is 1. The summed E-state index contributed by atoms with van der Waals surface area (Å²) < 4.78 is 1.17. The van der Waals surface area contributed by atoms with Crippen molar-refractivity contribution in [1.29, 1.82) is 0 Å². The topological polar surface area (TPSA) is 101 Å². The first-order valence-corrected chi connectivity index (χ1v) is 9.33. The van der Waals surface area contributed by atoms with Crippen molar-refractivity contribution in [2.75, 3.05) is 5.32 Å². The molecule has 0 bridgehead atoms. The summed E-state index contributed by atoms with van der Waals surface area (Å²) in [5, 5.41) is 14.0. The average molecular weight is 426 g/mol. The number of carboxylic acids is 1. The van der Waals surface area contributed by atoms with Crippen molar-refractivity contribution in [3.63, 3.8) is 0 Å². The van der Waals surface area contributed by atoms with E-state index in [1.54, 1.807) is 6.92 Å². The van der Waals surface area contributed by atoms with E-state index in [1.807, 2.05) is 0 Å². The van der Waals surface area contributed by atoms with Crippen LogP contribution in [0.4, 0.5) is 5.69 Å². The Hall–Kier alpha value is -2.42. The third-order valence-electron chi connectivity index (χ3n) is 3.94. The second-order valence-corrected chi connectivity index (χ2v) is 7.52. The van der Waals surface area contributed by atoms with Crippen LogP contribution in [0.15, 0.2) is 28.4 Å². The molecule has 0 aliphatic carbocycles. The Kier molecular flexibility index (Phi) is 5.23. The molecule has 2 N–H and O–H groups in total. The van der Waals surface area contributed by atoms with Crippen LogP contribution in [0.25, 0.3) is 10.2 Å². The van der Waals surface area contributed by atoms with Gasteiger partial charge in [0, 0.05) is 21.1 Å². The van der Waals surface area contributed by atoms with Crippen molar-refractivity contribution >= 4 is 62.3 Å². The normalized spacial score (nSPS) is 12.1. The first-order chi connectivity index (χ1) is 12.7. The number of aromatic carboxylic acids is 1. The van der Waals surface area contributed by atoms with E-state index in [9.17, 15) is 19.5 Å². The van der Waals surface area contributed by atoms with Crippen LogP contribution < -0.4 is 10.9 Å². The number of rotatable bonds is 4. The Morgan fingerprint density at radius 2 is 1.89 bits per heavy atom. The number of halogens is 2. The standard InChI is InChI=1S/C17H13Cl2N3O4S/c1-7(14(23)21-11-4-9(18)3-10(19)5-11)22-8(2)20-15-13(16(22)24)12(6-27-15)17(25)26/h3-7H,1-2H3,(H,21,23)(H,25,26). The maximum Gasteiger partial charge on any atom is 0.337 e. The molecule has 140 valence electrons. The minimum atomic E-state index is -1.22. The molecule has 1 amide bonds. The number of thiophene rings is 1. The van der Waals surface area contributed by atoms with Crippen molar-refractivity contribution in [2.45, 2.75) is 19.9 Å². The highest BCUT2D eigenvalue weighted by atomic mass is 35.5. The highest BCUT2D eigenvalue weighted by Gasteiger charge is 2.24. The number of carbonyl (C=O) groups is 2. The minimum absolute atomic E-state index is 0.0106. The average Bonchev–Trinajstić information content (AvgIpc) is 2.97. The number of hydrogen-bond acceptors (Lipinski definition) is 5. The van der Waals surface area contributed by atoms with Gasteiger partial charge in [0.05, 0.1) is 10.9 Å². The fourth-order valence-electron chi connectivity index (χ4n) is 2.71. The van der Waals surface area contributed by atoms with Crippen LogP contribution in [0, 0.1) is 6.92 Å². The highest BCUT2D eigenvalue weighted by molar-refractivity contribution is 7.17. The lowest BCUT2D eigenvalue weighted by atomic mass is 10.2. The van der Waals surface area contributed by atoms with Gasteiger partial charge in [0.2, 0.25) is 5.91 Å². The number of nitrogens with zero attached hydrogens (tertiary/aromatic N) is 2. The quantitative estimate of drug-likeness (QED) is 0.658. The summed E-state index contributed by atoms with van der Waals surface area (Å²) in [4.78, 5) is 41.5. The Balaban J connectivity index is 2.03. The molecule has 0 saturated carbocycles. The smallest absolute Gasteiger partial charge is 0.337 e. The van der Waals surface area contributed by atoms with Crippen molar-refractivity contribution in [1.82, 2.24) is 9.55 Å². The number of carboxylic acid groups (broad SMARTS) is 1. The van der Waals surface area contributed by atoms with E-state index >= 15 is 0 Å². The van der Waals surface area contributed by atoms with Gasteiger partial charge in [-0.05, 0) is 32.0 Å². The monoisotopic (exact) mass is 425 g/mol. The van der Waals surface area contributed by atoms with Gasteiger partial charge >= 0.3 is 5.97 Å². The van der Waals surface area contributed by atoms with Crippen LogP contribution in [0.2, 0.25) is 10.0 Å². The van der Waals surface area contributed by atoms with Gasteiger partial charge in [0.25, 0.3) is 5.56 Å². The van der Waals surface area contributed by atoms with E-state index in [0.717, 1.165) is 11.3 Å². The molecule has 10 heteroatoms. The van der Waals surface area contributed by atoms with E-state index in [1.165, 1.54) is 35.1 Å². The summed E-state index contributed by atoms with van der Waals surface area (Å²) in [6.45, 7) is 3.11. The first-order valence-electron chi connectivity index (χ1n) is 7.69. The summed E-state index contributed by atoms with van der Waals surface area (Å²) in [5.74, 6) is -1.41. The molecule has 0 fully saturated rings. The predicted octanol–water partition coefficient (Wildman–Crippen LogP) is 3.97. The third kappa shape index (κ3) is 3.69. The molecule has 27 heavy (non-hydrogen) atoms. The molecule has 1 aromatic carbocycles. The maximum absolute atomic E-state index is 12.9. The van der Waals surface area contributed by atoms with Crippen LogP contribution in [0.3, 0.4) is 0 Å². The Bertz CT molecular complexity index is 1120. The molecule has 1 atom stereocenters. The van der Waals surface area contributed by atoms with E-state index in [0.29, 0.717) is 26.4 Å². The molecule has 1 unspecified atom stereocenters. The number of amides is 1. The van der Waals surface area contributed by atoms with Gasteiger partial charge in [-0.25, -0.2) is 9.78 Å². The zero-order chi connectivity index (χ0) is 19.9. The van der Waals surface area contributed by atoms with Crippen molar-refractivity contribution in [2.24, 2.45) is 0 Å². The Morgan fingerprint density at radius 3 is 2.48 bits per heavy atom. The largest absolute Gasteiger partial charge is 0.478 e. The van der Waals surface area contributed by atoms with Crippen molar-refractivity contribution in [3.8, 4) is 0 Å². The molecule has 3 aromatic rings. The first kappa shape index (κ1) is 19.3. The van der Waals surface area contributed by atoms with Crippen LogP contribution >= 0.6 is 34.5 Å². The molecule has 3 rings (SSSR count). The molecular formula is C17H13Cl2N3O4S. The number of fused-ring (bicyclic) bond motifs is 1. The van der Waals surface area contributed by atoms with Gasteiger partial charge in [-0.1, -0.05) is 23.2 Å². The number of aryl methyl sites for hydroxylation is 1. The van der Waals surface area contributed by atoms with Gasteiger partial charge in [-0.3, -0.25) is 14.2 Å². The molecule has 2 aromatic heterocycles. The summed E-state index contributed by atoms with van der Waals surface area (Å²) >= 11 is 12.9. The molecule has 7 nitrogen and oxygen atoms in total. The minimum Gasteiger partial charge on any atom is -0.478 e. The Labute approximate surface area is 167 Å². The number of carbonyl (C=O) groups excluding carboxylic acids is 1. The van der Waals surface area contributed by atoms with Gasteiger partial charge in [0.1, 0.15) is 16.7 Å². The fraction of sp³-hybridized carbons (Fsp3) is 0.176. The maximum atomic E-state index is 12.9. The van der Waals surface area contributed by atoms with Crippen LogP contribution in [0.5, 0.6) is 0 Å². The highest BCUT2D eigenvalue weighted by Crippen LogP contribution is 2.25. The van der Waals surface area contributed by atoms with Gasteiger partial charge < -0.3 is 10.4 Å².